The van der Waals surface area contributed by atoms with Crippen LogP contribution in [0, 0.1) is 22.9 Å². The van der Waals surface area contributed by atoms with Gasteiger partial charge in [0.15, 0.2) is 23.0 Å². The number of nitrogens with zero attached hydrogens (tertiary/aromatic N) is 1. The lowest BCUT2D eigenvalue weighted by molar-refractivity contribution is -0.142. The first-order chi connectivity index (χ1) is 11.7. The Bertz CT molecular complexity index is 950. The molecule has 7 heteroatoms. The molecule has 0 N–H and O–H groups in total. The molecule has 0 fully saturated rings. The van der Waals surface area contributed by atoms with Crippen molar-refractivity contribution in [2.45, 2.75) is 20.8 Å². The zero-order valence-electron chi connectivity index (χ0n) is 13.7. The van der Waals surface area contributed by atoms with Crippen LogP contribution in [-0.4, -0.2) is 11.1 Å². The van der Waals surface area contributed by atoms with Gasteiger partial charge in [0.25, 0.3) is 0 Å². The van der Waals surface area contributed by atoms with Crippen molar-refractivity contribution in [3.63, 3.8) is 0 Å². The largest absolute Gasteiger partial charge is 0.426 e. The second kappa shape index (κ2) is 5.91. The lowest BCUT2D eigenvalue weighted by Crippen LogP contribution is -2.25. The number of carbonyl (C=O) groups is 1. The fourth-order valence-corrected chi connectivity index (χ4v) is 2.14. The van der Waals surface area contributed by atoms with Crippen molar-refractivity contribution in [2.24, 2.45) is 5.41 Å². The Balaban J connectivity index is 2.00. The molecule has 0 spiro atoms. The number of carbonyl (C=O) groups excluding carboxylic acids is 1. The highest BCUT2D eigenvalue weighted by atomic mass is 19.2. The van der Waals surface area contributed by atoms with E-state index < -0.39 is 28.8 Å². The van der Waals surface area contributed by atoms with Crippen molar-refractivity contribution < 1.29 is 27.2 Å². The van der Waals surface area contributed by atoms with Crippen LogP contribution in [0.15, 0.2) is 34.9 Å². The minimum Gasteiger partial charge on any atom is -0.426 e. The van der Waals surface area contributed by atoms with Crippen LogP contribution in [0.4, 0.5) is 13.2 Å². The molecule has 0 saturated heterocycles. The molecule has 0 aliphatic carbocycles. The van der Waals surface area contributed by atoms with Crippen LogP contribution in [0.5, 0.6) is 5.75 Å². The summed E-state index contributed by atoms with van der Waals surface area (Å²) in [7, 11) is 0. The molecule has 25 heavy (non-hydrogen) atoms. The van der Waals surface area contributed by atoms with E-state index in [4.69, 9.17) is 9.26 Å². The predicted molar refractivity (Wildman–Crippen MR) is 84.4 cm³/mol. The maximum Gasteiger partial charge on any atom is 0.316 e. The Morgan fingerprint density at radius 1 is 1.08 bits per heavy atom. The normalized spacial score (nSPS) is 11.8. The molecular formula is C18H14F3NO3. The van der Waals surface area contributed by atoms with Gasteiger partial charge in [-0.1, -0.05) is 5.16 Å². The minimum absolute atomic E-state index is 0.0367. The number of ether oxygens (including phenoxy) is 1. The van der Waals surface area contributed by atoms with E-state index in [-0.39, 0.29) is 22.6 Å². The maximum atomic E-state index is 13.4. The molecule has 0 amide bonds. The van der Waals surface area contributed by atoms with Crippen molar-refractivity contribution >= 4 is 16.9 Å². The van der Waals surface area contributed by atoms with Crippen molar-refractivity contribution in [3.05, 3.63) is 47.8 Å². The number of halogens is 3. The summed E-state index contributed by atoms with van der Waals surface area (Å²) in [5, 5.41) is 4.22. The fourth-order valence-electron chi connectivity index (χ4n) is 2.14. The number of hydrogen-bond acceptors (Lipinski definition) is 4. The summed E-state index contributed by atoms with van der Waals surface area (Å²) in [5.74, 6) is -4.35. The third-order valence-electron chi connectivity index (χ3n) is 3.52. The lowest BCUT2D eigenvalue weighted by Gasteiger charge is -2.16. The summed E-state index contributed by atoms with van der Waals surface area (Å²) in [6, 6.07) is 6.19. The molecule has 0 saturated carbocycles. The number of rotatable bonds is 2. The SMILES string of the molecule is CC(C)(C)C(=O)Oc1ccc2c(-c3cc(F)c(F)c(F)c3)noc2c1. The van der Waals surface area contributed by atoms with E-state index in [0.29, 0.717) is 5.39 Å². The van der Waals surface area contributed by atoms with Crippen LogP contribution in [0.3, 0.4) is 0 Å². The predicted octanol–water partition coefficient (Wildman–Crippen LogP) is 4.86. The Morgan fingerprint density at radius 2 is 1.72 bits per heavy atom. The minimum atomic E-state index is -1.55. The summed E-state index contributed by atoms with van der Waals surface area (Å²) in [6.45, 7) is 5.16. The molecule has 3 aromatic rings. The molecule has 0 radical (unpaired) electrons. The topological polar surface area (TPSA) is 52.3 Å². The van der Waals surface area contributed by atoms with Gasteiger partial charge in [-0.15, -0.1) is 0 Å². The van der Waals surface area contributed by atoms with Gasteiger partial charge in [0.2, 0.25) is 0 Å². The number of benzene rings is 2. The molecule has 0 aliphatic heterocycles. The van der Waals surface area contributed by atoms with Crippen LogP contribution >= 0.6 is 0 Å². The molecule has 1 aromatic heterocycles. The average Bonchev–Trinajstić information content (AvgIpc) is 2.94. The van der Waals surface area contributed by atoms with E-state index in [0.717, 1.165) is 12.1 Å². The van der Waals surface area contributed by atoms with Crippen molar-refractivity contribution in [1.82, 2.24) is 5.16 Å². The van der Waals surface area contributed by atoms with E-state index in [1.807, 2.05) is 0 Å². The summed E-state index contributed by atoms with van der Waals surface area (Å²) in [6.07, 6.45) is 0. The van der Waals surface area contributed by atoms with Gasteiger partial charge in [0.1, 0.15) is 11.4 Å². The molecule has 0 aliphatic rings. The molecule has 3 rings (SSSR count). The standard InChI is InChI=1S/C18H14F3NO3/c1-18(2,3)17(23)24-10-4-5-11-14(8-10)25-22-16(11)9-6-12(19)15(21)13(20)7-9/h4-8H,1-3H3. The van der Waals surface area contributed by atoms with Gasteiger partial charge in [-0.25, -0.2) is 13.2 Å². The quantitative estimate of drug-likeness (QED) is 0.376. The Hall–Kier alpha value is -2.83. The van der Waals surface area contributed by atoms with Gasteiger partial charge >= 0.3 is 5.97 Å². The van der Waals surface area contributed by atoms with E-state index in [9.17, 15) is 18.0 Å². The Labute approximate surface area is 141 Å². The number of aromatic nitrogens is 1. The smallest absolute Gasteiger partial charge is 0.316 e. The molecule has 1 heterocycles. The maximum absolute atomic E-state index is 13.4. The third kappa shape index (κ3) is 3.22. The highest BCUT2D eigenvalue weighted by molar-refractivity contribution is 5.92. The van der Waals surface area contributed by atoms with Crippen molar-refractivity contribution in [2.75, 3.05) is 0 Å². The first-order valence-electron chi connectivity index (χ1n) is 7.43. The highest BCUT2D eigenvalue weighted by Crippen LogP contribution is 2.32. The van der Waals surface area contributed by atoms with Crippen LogP contribution in [0.1, 0.15) is 20.8 Å². The third-order valence-corrected chi connectivity index (χ3v) is 3.52. The summed E-state index contributed by atoms with van der Waals surface area (Å²) in [5.41, 5.74) is -0.222. The second-order valence-corrected chi connectivity index (χ2v) is 6.58. The molecule has 2 aromatic carbocycles. The molecule has 0 atom stereocenters. The summed E-state index contributed by atoms with van der Waals surface area (Å²) >= 11 is 0. The first-order valence-corrected chi connectivity index (χ1v) is 7.43. The van der Waals surface area contributed by atoms with Crippen molar-refractivity contribution in [3.8, 4) is 17.0 Å². The zero-order chi connectivity index (χ0) is 18.4. The van der Waals surface area contributed by atoms with Crippen LogP contribution < -0.4 is 4.74 Å². The van der Waals surface area contributed by atoms with Gasteiger partial charge in [-0.2, -0.15) is 0 Å². The van der Waals surface area contributed by atoms with Gasteiger partial charge in [0.05, 0.1) is 5.41 Å². The number of fused-ring (bicyclic) bond motifs is 1. The zero-order valence-corrected chi connectivity index (χ0v) is 13.7. The first kappa shape index (κ1) is 17.0. The average molecular weight is 349 g/mol. The highest BCUT2D eigenvalue weighted by Gasteiger charge is 2.24. The molecule has 4 nitrogen and oxygen atoms in total. The van der Waals surface area contributed by atoms with Gasteiger partial charge in [-0.05, 0) is 45.0 Å². The molecular weight excluding hydrogens is 335 g/mol. The van der Waals surface area contributed by atoms with Gasteiger partial charge in [0, 0.05) is 17.0 Å². The Kier molecular flexibility index (Phi) is 4.02. The van der Waals surface area contributed by atoms with Gasteiger partial charge in [-0.3, -0.25) is 4.79 Å². The van der Waals surface area contributed by atoms with Crippen LogP contribution in [0.25, 0.3) is 22.2 Å². The van der Waals surface area contributed by atoms with E-state index in [1.54, 1.807) is 26.8 Å². The Morgan fingerprint density at radius 3 is 2.32 bits per heavy atom. The molecule has 130 valence electrons. The van der Waals surface area contributed by atoms with Crippen LogP contribution in [0.2, 0.25) is 0 Å². The number of hydrogen-bond donors (Lipinski definition) is 0. The van der Waals surface area contributed by atoms with Crippen molar-refractivity contribution in [1.29, 1.82) is 0 Å². The monoisotopic (exact) mass is 349 g/mol. The van der Waals surface area contributed by atoms with E-state index >= 15 is 0 Å². The van der Waals surface area contributed by atoms with Gasteiger partial charge < -0.3 is 9.26 Å². The van der Waals surface area contributed by atoms with E-state index in [2.05, 4.69) is 5.16 Å². The van der Waals surface area contributed by atoms with Crippen LogP contribution in [-0.2, 0) is 4.79 Å². The number of esters is 1. The summed E-state index contributed by atoms with van der Waals surface area (Å²) in [4.78, 5) is 11.9. The molecule has 0 unspecified atom stereocenters. The summed E-state index contributed by atoms with van der Waals surface area (Å²) < 4.78 is 50.3. The molecule has 0 bridgehead atoms. The second-order valence-electron chi connectivity index (χ2n) is 6.58. The fraction of sp³-hybridized carbons (Fsp3) is 0.222. The lowest BCUT2D eigenvalue weighted by atomic mass is 9.97. The van der Waals surface area contributed by atoms with E-state index in [1.165, 1.54) is 12.1 Å².